The van der Waals surface area contributed by atoms with Crippen molar-refractivity contribution in [2.24, 2.45) is 10.1 Å². The summed E-state index contributed by atoms with van der Waals surface area (Å²) in [6, 6.07) is 13.4. The average Bonchev–Trinajstić information content (AvgIpc) is 2.73. The number of phenols is 2. The summed E-state index contributed by atoms with van der Waals surface area (Å²) < 4.78 is 2.62. The molecular weight excluding hydrogens is 662 g/mol. The maximum absolute atomic E-state index is 12.3. The van der Waals surface area contributed by atoms with Crippen LogP contribution >= 0.6 is 63.7 Å². The van der Waals surface area contributed by atoms with Gasteiger partial charge in [-0.3, -0.25) is 9.79 Å². The topological polar surface area (TPSA) is 94.3 Å². The number of aromatic hydroxyl groups is 2. The van der Waals surface area contributed by atoms with E-state index in [4.69, 9.17) is 0 Å². The number of nitrogens with one attached hydrogen (secondary N) is 1. The molecule has 10 heteroatoms. The number of amides is 1. The van der Waals surface area contributed by atoms with Gasteiger partial charge in [-0.15, -0.1) is 0 Å². The van der Waals surface area contributed by atoms with Gasteiger partial charge in [-0.05, 0) is 80.4 Å². The highest BCUT2D eigenvalue weighted by molar-refractivity contribution is 9.11. The van der Waals surface area contributed by atoms with E-state index in [1.807, 2.05) is 0 Å². The van der Waals surface area contributed by atoms with Crippen molar-refractivity contribution >= 4 is 87.7 Å². The first kappa shape index (κ1) is 23.6. The van der Waals surface area contributed by atoms with Crippen LogP contribution in [-0.4, -0.2) is 28.5 Å². The van der Waals surface area contributed by atoms with E-state index in [1.54, 1.807) is 48.5 Å². The summed E-state index contributed by atoms with van der Waals surface area (Å²) in [7, 11) is 0. The van der Waals surface area contributed by atoms with Crippen LogP contribution in [0.15, 0.2) is 76.5 Å². The van der Waals surface area contributed by atoms with E-state index in [0.717, 1.165) is 8.95 Å². The van der Waals surface area contributed by atoms with Gasteiger partial charge in [-0.1, -0.05) is 31.9 Å². The third-order valence-electron chi connectivity index (χ3n) is 3.97. The fraction of sp³-hybridized carbons (Fsp3) is 0. The number of benzene rings is 3. The van der Waals surface area contributed by atoms with Gasteiger partial charge in [-0.25, -0.2) is 5.43 Å². The van der Waals surface area contributed by atoms with Crippen LogP contribution < -0.4 is 5.43 Å². The molecule has 0 spiro atoms. The summed E-state index contributed by atoms with van der Waals surface area (Å²) in [5, 5.41) is 24.0. The van der Waals surface area contributed by atoms with Crippen LogP contribution in [0.25, 0.3) is 0 Å². The predicted molar refractivity (Wildman–Crippen MR) is 136 cm³/mol. The van der Waals surface area contributed by atoms with E-state index in [-0.39, 0.29) is 11.5 Å². The van der Waals surface area contributed by atoms with Gasteiger partial charge in [0.15, 0.2) is 0 Å². The summed E-state index contributed by atoms with van der Waals surface area (Å²) in [6.45, 7) is 0. The Labute approximate surface area is 211 Å². The van der Waals surface area contributed by atoms with Crippen LogP contribution in [0.3, 0.4) is 0 Å². The predicted octanol–water partition coefficient (Wildman–Crippen LogP) is 6.66. The van der Waals surface area contributed by atoms with Crippen molar-refractivity contribution in [1.29, 1.82) is 0 Å². The van der Waals surface area contributed by atoms with Crippen LogP contribution in [0.4, 0.5) is 5.69 Å². The number of hydrazone groups is 1. The zero-order valence-electron chi connectivity index (χ0n) is 15.5. The maximum Gasteiger partial charge on any atom is 0.271 e. The molecule has 31 heavy (non-hydrogen) atoms. The Morgan fingerprint density at radius 2 is 1.32 bits per heavy atom. The first-order chi connectivity index (χ1) is 14.7. The first-order valence-electron chi connectivity index (χ1n) is 8.58. The lowest BCUT2D eigenvalue weighted by Gasteiger charge is -2.04. The van der Waals surface area contributed by atoms with Gasteiger partial charge >= 0.3 is 0 Å². The minimum Gasteiger partial charge on any atom is -0.506 e. The highest BCUT2D eigenvalue weighted by atomic mass is 79.9. The van der Waals surface area contributed by atoms with Crippen molar-refractivity contribution in [2.75, 3.05) is 0 Å². The quantitative estimate of drug-likeness (QED) is 0.209. The van der Waals surface area contributed by atoms with Crippen LogP contribution in [0.5, 0.6) is 11.5 Å². The Hall–Kier alpha value is -2.01. The summed E-state index contributed by atoms with van der Waals surface area (Å²) in [6.07, 6.45) is 2.89. The van der Waals surface area contributed by atoms with E-state index in [2.05, 4.69) is 79.2 Å². The number of carbonyl (C=O) groups is 1. The van der Waals surface area contributed by atoms with Gasteiger partial charge in [0.2, 0.25) is 0 Å². The lowest BCUT2D eigenvalue weighted by Crippen LogP contribution is -2.17. The Morgan fingerprint density at radius 3 is 1.87 bits per heavy atom. The highest BCUT2D eigenvalue weighted by Crippen LogP contribution is 2.31. The first-order valence-corrected chi connectivity index (χ1v) is 11.8. The van der Waals surface area contributed by atoms with Crippen molar-refractivity contribution in [1.82, 2.24) is 5.43 Å². The zero-order valence-corrected chi connectivity index (χ0v) is 21.8. The van der Waals surface area contributed by atoms with E-state index in [1.165, 1.54) is 12.4 Å². The Bertz CT molecular complexity index is 1200. The molecule has 3 N–H and O–H groups in total. The Kier molecular flexibility index (Phi) is 8.04. The minimum atomic E-state index is -0.408. The molecule has 0 unspecified atom stereocenters. The van der Waals surface area contributed by atoms with E-state index in [9.17, 15) is 15.0 Å². The van der Waals surface area contributed by atoms with Crippen molar-refractivity contribution in [3.63, 3.8) is 0 Å². The molecule has 3 aromatic carbocycles. The molecule has 0 heterocycles. The second-order valence-electron chi connectivity index (χ2n) is 6.16. The summed E-state index contributed by atoms with van der Waals surface area (Å²) in [5.41, 5.74) is 4.40. The summed E-state index contributed by atoms with van der Waals surface area (Å²) >= 11 is 13.2. The van der Waals surface area contributed by atoms with Gasteiger partial charge in [-0.2, -0.15) is 5.10 Å². The SMILES string of the molecule is O=C(NN=Cc1cc(Br)cc(Br)c1O)c1ccc(N=Cc2cc(Br)cc(Br)c2O)cc1. The van der Waals surface area contributed by atoms with Gasteiger partial charge in [0.25, 0.3) is 5.91 Å². The molecule has 0 bridgehead atoms. The molecule has 3 rings (SSSR count). The maximum atomic E-state index is 12.3. The molecule has 0 fully saturated rings. The normalized spacial score (nSPS) is 11.4. The monoisotopic (exact) mass is 671 g/mol. The molecule has 0 saturated carbocycles. The number of rotatable bonds is 5. The van der Waals surface area contributed by atoms with Crippen molar-refractivity contribution in [2.45, 2.75) is 0 Å². The molecule has 0 atom stereocenters. The smallest absolute Gasteiger partial charge is 0.271 e. The second kappa shape index (κ2) is 10.5. The zero-order chi connectivity index (χ0) is 22.5. The fourth-order valence-electron chi connectivity index (χ4n) is 2.44. The number of aliphatic imine (C=N–C) groups is 1. The van der Waals surface area contributed by atoms with Crippen molar-refractivity contribution < 1.29 is 15.0 Å². The highest BCUT2D eigenvalue weighted by Gasteiger charge is 2.08. The third-order valence-corrected chi connectivity index (χ3v) is 6.09. The Morgan fingerprint density at radius 1 is 0.806 bits per heavy atom. The molecule has 158 valence electrons. The van der Waals surface area contributed by atoms with E-state index < -0.39 is 5.91 Å². The average molecular weight is 675 g/mol. The fourth-order valence-corrected chi connectivity index (χ4v) is 4.95. The molecule has 0 aliphatic rings. The summed E-state index contributed by atoms with van der Waals surface area (Å²) in [5.74, 6) is -0.301. The molecule has 0 saturated heterocycles. The Balaban J connectivity index is 1.67. The number of hydrogen-bond donors (Lipinski definition) is 3. The van der Waals surface area contributed by atoms with Gasteiger partial charge in [0.1, 0.15) is 11.5 Å². The number of nitrogens with zero attached hydrogens (tertiary/aromatic N) is 2. The molecule has 0 aliphatic heterocycles. The lowest BCUT2D eigenvalue weighted by atomic mass is 10.2. The van der Waals surface area contributed by atoms with Crippen LogP contribution in [0, 0.1) is 0 Å². The van der Waals surface area contributed by atoms with E-state index in [0.29, 0.717) is 31.3 Å². The van der Waals surface area contributed by atoms with E-state index >= 15 is 0 Å². The standard InChI is InChI=1S/C21H13Br4N3O3/c22-14-5-12(19(29)17(24)7-14)9-26-16-3-1-11(2-4-16)21(31)28-27-10-13-6-15(23)8-18(25)20(13)30/h1-10,29-30H,(H,28,31). The minimum absolute atomic E-state index is 0.0203. The number of carbonyl (C=O) groups excluding carboxylic acids is 1. The van der Waals surface area contributed by atoms with Gasteiger partial charge < -0.3 is 10.2 Å². The van der Waals surface area contributed by atoms with Gasteiger partial charge in [0.05, 0.1) is 20.8 Å². The van der Waals surface area contributed by atoms with Crippen molar-refractivity contribution in [3.8, 4) is 11.5 Å². The largest absolute Gasteiger partial charge is 0.506 e. The molecule has 0 aliphatic carbocycles. The number of phenolic OH excluding ortho intramolecular Hbond substituents is 2. The molecule has 3 aromatic rings. The van der Waals surface area contributed by atoms with Crippen LogP contribution in [-0.2, 0) is 0 Å². The third kappa shape index (κ3) is 6.25. The molecule has 1 amide bonds. The summed E-state index contributed by atoms with van der Waals surface area (Å²) in [4.78, 5) is 16.6. The number of halogens is 4. The molecular formula is C21H13Br4N3O3. The van der Waals surface area contributed by atoms with Crippen molar-refractivity contribution in [3.05, 3.63) is 83.1 Å². The van der Waals surface area contributed by atoms with Crippen LogP contribution in [0.2, 0.25) is 0 Å². The van der Waals surface area contributed by atoms with Crippen LogP contribution in [0.1, 0.15) is 21.5 Å². The molecule has 0 aromatic heterocycles. The second-order valence-corrected chi connectivity index (χ2v) is 9.70. The molecule has 6 nitrogen and oxygen atoms in total. The molecule has 0 radical (unpaired) electrons. The lowest BCUT2D eigenvalue weighted by molar-refractivity contribution is 0.0955. The van der Waals surface area contributed by atoms with Gasteiger partial charge in [0, 0.05) is 31.9 Å². The number of hydrogen-bond acceptors (Lipinski definition) is 5.